The molecular formula is C30H34N6. The average Bonchev–Trinajstić information content (AvgIpc) is 3.32. The molecule has 4 aromatic rings. The quantitative estimate of drug-likeness (QED) is 0.366. The van der Waals surface area contributed by atoms with Crippen molar-refractivity contribution in [2.45, 2.75) is 37.9 Å². The fourth-order valence-corrected chi connectivity index (χ4v) is 6.17. The van der Waals surface area contributed by atoms with Gasteiger partial charge in [-0.05, 0) is 55.6 Å². The van der Waals surface area contributed by atoms with E-state index in [0.29, 0.717) is 17.9 Å². The van der Waals surface area contributed by atoms with Gasteiger partial charge >= 0.3 is 0 Å². The van der Waals surface area contributed by atoms with Crippen LogP contribution in [0, 0.1) is 5.92 Å². The topological polar surface area (TPSA) is 50.1 Å². The molecule has 3 saturated heterocycles. The molecule has 3 fully saturated rings. The molecule has 0 aliphatic carbocycles. The van der Waals surface area contributed by atoms with Crippen molar-refractivity contribution >= 4 is 0 Å². The molecule has 0 radical (unpaired) electrons. The Balaban J connectivity index is 1.18. The third-order valence-corrected chi connectivity index (χ3v) is 7.94. The van der Waals surface area contributed by atoms with Gasteiger partial charge in [-0.1, -0.05) is 42.5 Å². The van der Waals surface area contributed by atoms with Crippen LogP contribution in [0.3, 0.4) is 0 Å². The summed E-state index contributed by atoms with van der Waals surface area (Å²) in [5.74, 6) is 1.25. The van der Waals surface area contributed by atoms with Crippen molar-refractivity contribution in [1.29, 1.82) is 0 Å². The summed E-state index contributed by atoms with van der Waals surface area (Å²) in [4.78, 5) is 14.5. The number of hydrogen-bond acceptors (Lipinski definition) is 5. The SMILES string of the molecule is Cn1nc(-c2ccccc2)cc1[C@@H]1CN2CC[C@H]1C[C@@H]2CN(Cc1ccccn1)Cc1ccccn1. The minimum absolute atomic E-state index is 0.546. The molecule has 3 aromatic heterocycles. The van der Waals surface area contributed by atoms with E-state index in [4.69, 9.17) is 5.10 Å². The summed E-state index contributed by atoms with van der Waals surface area (Å²) in [5.41, 5.74) is 5.88. The number of pyridine rings is 2. The summed E-state index contributed by atoms with van der Waals surface area (Å²) < 4.78 is 2.12. The molecule has 6 nitrogen and oxygen atoms in total. The van der Waals surface area contributed by atoms with Gasteiger partial charge < -0.3 is 0 Å². The van der Waals surface area contributed by atoms with Gasteiger partial charge in [0.15, 0.2) is 0 Å². The highest BCUT2D eigenvalue weighted by Gasteiger charge is 2.42. The molecule has 4 atom stereocenters. The number of piperidine rings is 3. The van der Waals surface area contributed by atoms with E-state index in [1.165, 1.54) is 30.6 Å². The van der Waals surface area contributed by atoms with Gasteiger partial charge in [0.1, 0.15) is 0 Å². The smallest absolute Gasteiger partial charge is 0.0926 e. The highest BCUT2D eigenvalue weighted by atomic mass is 15.3. The molecule has 3 aliphatic rings. The van der Waals surface area contributed by atoms with E-state index in [1.807, 2.05) is 24.5 Å². The van der Waals surface area contributed by atoms with Gasteiger partial charge in [0.05, 0.1) is 17.1 Å². The molecule has 2 bridgehead atoms. The first-order valence-electron chi connectivity index (χ1n) is 13.1. The number of nitrogens with zero attached hydrogens (tertiary/aromatic N) is 6. The van der Waals surface area contributed by atoms with E-state index in [9.17, 15) is 0 Å². The molecule has 1 aromatic carbocycles. The maximum absolute atomic E-state index is 4.88. The molecule has 36 heavy (non-hydrogen) atoms. The van der Waals surface area contributed by atoms with Gasteiger partial charge in [0.25, 0.3) is 0 Å². The first-order chi connectivity index (χ1) is 17.7. The average molecular weight is 479 g/mol. The van der Waals surface area contributed by atoms with E-state index < -0.39 is 0 Å². The zero-order valence-corrected chi connectivity index (χ0v) is 20.9. The van der Waals surface area contributed by atoms with Crippen LogP contribution >= 0.6 is 0 Å². The minimum atomic E-state index is 0.546. The maximum atomic E-state index is 4.88. The lowest BCUT2D eigenvalue weighted by atomic mass is 9.74. The molecule has 0 spiro atoms. The van der Waals surface area contributed by atoms with Crippen LogP contribution in [0.25, 0.3) is 11.3 Å². The lowest BCUT2D eigenvalue weighted by Gasteiger charge is -2.51. The van der Waals surface area contributed by atoms with Crippen LogP contribution in [0.5, 0.6) is 0 Å². The van der Waals surface area contributed by atoms with Crippen molar-refractivity contribution < 1.29 is 0 Å². The van der Waals surface area contributed by atoms with Crippen molar-refractivity contribution in [3.8, 4) is 11.3 Å². The number of benzene rings is 1. The molecule has 7 rings (SSSR count). The van der Waals surface area contributed by atoms with Crippen LogP contribution < -0.4 is 0 Å². The van der Waals surface area contributed by atoms with Crippen LogP contribution in [-0.2, 0) is 20.1 Å². The van der Waals surface area contributed by atoms with Crippen molar-refractivity contribution in [2.75, 3.05) is 19.6 Å². The normalized spacial score (nSPS) is 23.3. The van der Waals surface area contributed by atoms with Crippen LogP contribution in [0.4, 0.5) is 0 Å². The Bertz CT molecular complexity index is 1220. The Labute approximate surface area is 213 Å². The summed E-state index contributed by atoms with van der Waals surface area (Å²) in [5, 5.41) is 4.88. The second kappa shape index (κ2) is 10.3. The molecule has 3 aliphatic heterocycles. The second-order valence-electron chi connectivity index (χ2n) is 10.3. The molecule has 1 unspecified atom stereocenters. The van der Waals surface area contributed by atoms with E-state index >= 15 is 0 Å². The lowest BCUT2D eigenvalue weighted by molar-refractivity contribution is 0.00727. The van der Waals surface area contributed by atoms with E-state index in [2.05, 4.69) is 92.2 Å². The van der Waals surface area contributed by atoms with E-state index in [0.717, 1.165) is 43.3 Å². The summed E-state index contributed by atoms with van der Waals surface area (Å²) in [6, 6.07) is 25.8. The summed E-state index contributed by atoms with van der Waals surface area (Å²) in [6.07, 6.45) is 6.29. The highest BCUT2D eigenvalue weighted by Crippen LogP contribution is 2.42. The first kappa shape index (κ1) is 23.1. The zero-order valence-electron chi connectivity index (χ0n) is 20.9. The van der Waals surface area contributed by atoms with Crippen molar-refractivity contribution in [2.24, 2.45) is 13.0 Å². The zero-order chi connectivity index (χ0) is 24.3. The van der Waals surface area contributed by atoms with Crippen molar-refractivity contribution in [3.63, 3.8) is 0 Å². The third-order valence-electron chi connectivity index (χ3n) is 7.94. The first-order valence-corrected chi connectivity index (χ1v) is 13.1. The van der Waals surface area contributed by atoms with Gasteiger partial charge in [-0.25, -0.2) is 0 Å². The maximum Gasteiger partial charge on any atom is 0.0926 e. The predicted octanol–water partition coefficient (Wildman–Crippen LogP) is 4.76. The number of rotatable bonds is 8. The van der Waals surface area contributed by atoms with Crippen molar-refractivity contribution in [3.05, 3.63) is 102 Å². The Morgan fingerprint density at radius 1 is 0.889 bits per heavy atom. The lowest BCUT2D eigenvalue weighted by Crippen LogP contribution is -2.56. The van der Waals surface area contributed by atoms with Gasteiger partial charge in [-0.2, -0.15) is 5.10 Å². The number of fused-ring (bicyclic) bond motifs is 3. The molecular weight excluding hydrogens is 444 g/mol. The molecule has 184 valence electrons. The molecule has 0 N–H and O–H groups in total. The number of aromatic nitrogens is 4. The Kier molecular flexibility index (Phi) is 6.62. The van der Waals surface area contributed by atoms with Gasteiger partial charge in [0.2, 0.25) is 0 Å². The van der Waals surface area contributed by atoms with Crippen LogP contribution in [0.2, 0.25) is 0 Å². The standard InChI is InChI=1S/C30H34N6/c1-34-30(18-29(33-34)23-9-3-2-4-10-23)28-22-36-16-13-24(28)17-27(36)21-35(19-25-11-5-7-14-31-25)20-26-12-6-8-15-32-26/h2-12,14-15,18,24,27-28H,13,16-17,19-22H2,1H3/t24-,27+,28+/m0/s1. The molecule has 0 amide bonds. The number of hydrogen-bond donors (Lipinski definition) is 0. The Morgan fingerprint density at radius 2 is 1.58 bits per heavy atom. The van der Waals surface area contributed by atoms with Gasteiger partial charge in [0, 0.05) is 68.8 Å². The summed E-state index contributed by atoms with van der Waals surface area (Å²) in [7, 11) is 2.11. The fraction of sp³-hybridized carbons (Fsp3) is 0.367. The Hall–Kier alpha value is -3.35. The van der Waals surface area contributed by atoms with Crippen LogP contribution in [0.15, 0.2) is 85.2 Å². The van der Waals surface area contributed by atoms with Crippen LogP contribution in [0.1, 0.15) is 35.8 Å². The third kappa shape index (κ3) is 4.97. The van der Waals surface area contributed by atoms with Gasteiger partial charge in [-0.15, -0.1) is 0 Å². The summed E-state index contributed by atoms with van der Waals surface area (Å²) >= 11 is 0. The number of aryl methyl sites for hydroxylation is 1. The fourth-order valence-electron chi connectivity index (χ4n) is 6.17. The monoisotopic (exact) mass is 478 g/mol. The van der Waals surface area contributed by atoms with E-state index in [1.54, 1.807) is 0 Å². The second-order valence-corrected chi connectivity index (χ2v) is 10.3. The Morgan fingerprint density at radius 3 is 2.19 bits per heavy atom. The largest absolute Gasteiger partial charge is 0.298 e. The minimum Gasteiger partial charge on any atom is -0.298 e. The molecule has 6 heterocycles. The molecule has 0 saturated carbocycles. The highest BCUT2D eigenvalue weighted by molar-refractivity contribution is 5.59. The molecule has 6 heteroatoms. The van der Waals surface area contributed by atoms with Gasteiger partial charge in [-0.3, -0.25) is 24.4 Å². The predicted molar refractivity (Wildman–Crippen MR) is 142 cm³/mol. The van der Waals surface area contributed by atoms with Crippen molar-refractivity contribution in [1.82, 2.24) is 29.5 Å². The summed E-state index contributed by atoms with van der Waals surface area (Å²) in [6.45, 7) is 5.04. The van der Waals surface area contributed by atoms with E-state index in [-0.39, 0.29) is 0 Å². The van der Waals surface area contributed by atoms with Crippen LogP contribution in [-0.4, -0.2) is 55.2 Å².